The van der Waals surface area contributed by atoms with Crippen molar-refractivity contribution >= 4 is 20.2 Å². The van der Waals surface area contributed by atoms with Crippen LogP contribution in [0, 0.1) is 22.7 Å². The van der Waals surface area contributed by atoms with Gasteiger partial charge in [0.1, 0.15) is 0 Å². The van der Waals surface area contributed by atoms with Crippen molar-refractivity contribution in [2.24, 2.45) is 10.2 Å². The van der Waals surface area contributed by atoms with Gasteiger partial charge in [-0.2, -0.15) is 37.6 Å². The smallest absolute Gasteiger partial charge is 0.282 e. The molecule has 0 aliphatic rings. The molecule has 2 aromatic rings. The van der Waals surface area contributed by atoms with Crippen molar-refractivity contribution in [1.82, 2.24) is 0 Å². The van der Waals surface area contributed by atoms with Gasteiger partial charge in [0.2, 0.25) is 0 Å². The highest BCUT2D eigenvalue weighted by molar-refractivity contribution is 7.86. The molecule has 180 valence electrons. The molecular weight excluding hydrogens is 480 g/mol. The number of nitrogens with zero attached hydrogens (tertiary/aromatic N) is 4. The van der Waals surface area contributed by atoms with E-state index in [-0.39, 0.29) is 22.6 Å². The Hall–Kier alpha value is -3.16. The van der Waals surface area contributed by atoms with Crippen molar-refractivity contribution in [3.05, 3.63) is 59.7 Å². The summed E-state index contributed by atoms with van der Waals surface area (Å²) < 4.78 is 62.7. The molecule has 0 saturated heterocycles. The van der Waals surface area contributed by atoms with Crippen LogP contribution in [0.2, 0.25) is 0 Å². The zero-order valence-corrected chi connectivity index (χ0v) is 20.2. The van der Waals surface area contributed by atoms with Crippen LogP contribution in [0.3, 0.4) is 0 Å². The minimum Gasteiger partial charge on any atom is -0.282 e. The lowest BCUT2D eigenvalue weighted by molar-refractivity contribution is 0.451. The van der Waals surface area contributed by atoms with Crippen LogP contribution in [0.1, 0.15) is 37.8 Å². The van der Waals surface area contributed by atoms with E-state index in [4.69, 9.17) is 9.11 Å². The lowest BCUT2D eigenvalue weighted by Gasteiger charge is -2.20. The van der Waals surface area contributed by atoms with Crippen LogP contribution in [0.25, 0.3) is 0 Å². The van der Waals surface area contributed by atoms with E-state index in [9.17, 15) is 27.4 Å². The first-order valence-electron chi connectivity index (χ1n) is 10.1. The molecule has 2 atom stereocenters. The summed E-state index contributed by atoms with van der Waals surface area (Å²) in [5.74, 6) is 0. The van der Waals surface area contributed by atoms with Gasteiger partial charge in [0.25, 0.3) is 20.2 Å². The SMILES string of the molecule is CC(C#N)(CCc1ccc(S(=O)(=O)O)cc1)N=NC(C)(C#N)CCc1ccc(S(=O)(=O)O)cc1. The van der Waals surface area contributed by atoms with E-state index in [0.717, 1.165) is 11.1 Å². The fraction of sp³-hybridized carbons (Fsp3) is 0.364. The van der Waals surface area contributed by atoms with Crippen molar-refractivity contribution in [2.45, 2.75) is 60.4 Å². The summed E-state index contributed by atoms with van der Waals surface area (Å²) in [6.07, 6.45) is 1.30. The van der Waals surface area contributed by atoms with E-state index in [0.29, 0.717) is 12.8 Å². The van der Waals surface area contributed by atoms with Gasteiger partial charge in [0, 0.05) is 0 Å². The van der Waals surface area contributed by atoms with Crippen molar-refractivity contribution < 1.29 is 25.9 Å². The number of nitriles is 2. The average Bonchev–Trinajstić information content (AvgIpc) is 2.79. The van der Waals surface area contributed by atoms with Crippen molar-refractivity contribution in [3.63, 3.8) is 0 Å². The summed E-state index contributed by atoms with van der Waals surface area (Å²) in [4.78, 5) is -0.451. The van der Waals surface area contributed by atoms with E-state index < -0.39 is 31.3 Å². The molecule has 2 aromatic carbocycles. The Morgan fingerprint density at radius 3 is 1.24 bits per heavy atom. The van der Waals surface area contributed by atoms with Crippen LogP contribution in [-0.4, -0.2) is 37.0 Å². The molecule has 12 heteroatoms. The Balaban J connectivity index is 2.06. The standard InChI is InChI=1S/C22H24N4O6S2/c1-21(15-23,13-11-17-3-7-19(8-4-17)33(27,28)29)25-26-22(2,16-24)14-12-18-5-9-20(10-6-18)34(30,31)32/h3-10H,11-14H2,1-2H3,(H,27,28,29)(H,30,31,32). The topological polar surface area (TPSA) is 181 Å². The Kier molecular flexibility index (Phi) is 8.29. The minimum absolute atomic E-state index is 0.226. The molecule has 2 rings (SSSR count). The summed E-state index contributed by atoms with van der Waals surface area (Å²) >= 11 is 0. The zero-order chi connectivity index (χ0) is 25.6. The number of aryl methyl sites for hydroxylation is 2. The molecular formula is C22H24N4O6S2. The summed E-state index contributed by atoms with van der Waals surface area (Å²) in [6, 6.07) is 15.4. The van der Waals surface area contributed by atoms with Gasteiger partial charge in [-0.1, -0.05) is 24.3 Å². The molecule has 2 N–H and O–H groups in total. The second-order valence-electron chi connectivity index (χ2n) is 8.21. The largest absolute Gasteiger partial charge is 0.294 e. The van der Waals surface area contributed by atoms with Crippen LogP contribution in [0.4, 0.5) is 0 Å². The third-order valence-corrected chi connectivity index (χ3v) is 6.95. The molecule has 0 radical (unpaired) electrons. The minimum atomic E-state index is -4.28. The Labute approximate surface area is 199 Å². The predicted octanol–water partition coefficient (Wildman–Crippen LogP) is 3.76. The van der Waals surface area contributed by atoms with Gasteiger partial charge >= 0.3 is 0 Å². The monoisotopic (exact) mass is 504 g/mol. The van der Waals surface area contributed by atoms with Crippen molar-refractivity contribution in [1.29, 1.82) is 10.5 Å². The predicted molar refractivity (Wildman–Crippen MR) is 122 cm³/mol. The molecule has 0 amide bonds. The molecule has 0 aromatic heterocycles. The van der Waals surface area contributed by atoms with Gasteiger partial charge in [0.15, 0.2) is 11.1 Å². The Morgan fingerprint density at radius 1 is 0.706 bits per heavy atom. The molecule has 0 aliphatic heterocycles. The van der Waals surface area contributed by atoms with Gasteiger partial charge in [-0.05, 0) is 74.9 Å². The van der Waals surface area contributed by atoms with Crippen molar-refractivity contribution in [3.8, 4) is 12.1 Å². The fourth-order valence-corrected chi connectivity index (χ4v) is 3.87. The van der Waals surface area contributed by atoms with Gasteiger partial charge in [-0.25, -0.2) is 0 Å². The van der Waals surface area contributed by atoms with Crippen LogP contribution < -0.4 is 0 Å². The van der Waals surface area contributed by atoms with E-state index in [1.165, 1.54) is 48.5 Å². The summed E-state index contributed by atoms with van der Waals surface area (Å²) in [7, 11) is -8.57. The molecule has 0 heterocycles. The lowest BCUT2D eigenvalue weighted by Crippen LogP contribution is -2.24. The third kappa shape index (κ3) is 7.71. The molecule has 0 saturated carbocycles. The van der Waals surface area contributed by atoms with E-state index in [2.05, 4.69) is 22.4 Å². The quantitative estimate of drug-likeness (QED) is 0.362. The lowest BCUT2D eigenvalue weighted by atomic mass is 9.94. The summed E-state index contributed by atoms with van der Waals surface area (Å²) in [5, 5.41) is 27.5. The summed E-state index contributed by atoms with van der Waals surface area (Å²) in [5.41, 5.74) is -0.977. The summed E-state index contributed by atoms with van der Waals surface area (Å²) in [6.45, 7) is 3.16. The maximum Gasteiger partial charge on any atom is 0.294 e. The number of hydrogen-bond donors (Lipinski definition) is 2. The molecule has 0 aliphatic carbocycles. The van der Waals surface area contributed by atoms with E-state index >= 15 is 0 Å². The Morgan fingerprint density at radius 2 is 1.00 bits per heavy atom. The van der Waals surface area contributed by atoms with E-state index in [1.807, 2.05) is 0 Å². The molecule has 34 heavy (non-hydrogen) atoms. The van der Waals surface area contributed by atoms with Crippen LogP contribution in [0.5, 0.6) is 0 Å². The van der Waals surface area contributed by atoms with E-state index in [1.54, 1.807) is 13.8 Å². The second kappa shape index (κ2) is 10.4. The van der Waals surface area contributed by atoms with Gasteiger partial charge < -0.3 is 0 Å². The maximum absolute atomic E-state index is 11.1. The molecule has 2 unspecified atom stereocenters. The number of azo groups is 1. The third-order valence-electron chi connectivity index (χ3n) is 5.22. The van der Waals surface area contributed by atoms with Gasteiger partial charge in [0.05, 0.1) is 21.9 Å². The molecule has 0 bridgehead atoms. The molecule has 0 spiro atoms. The number of hydrogen-bond acceptors (Lipinski definition) is 8. The maximum atomic E-state index is 11.1. The first-order chi connectivity index (χ1) is 15.7. The average molecular weight is 505 g/mol. The van der Waals surface area contributed by atoms with Crippen LogP contribution in [-0.2, 0) is 33.1 Å². The highest BCUT2D eigenvalue weighted by Crippen LogP contribution is 2.25. The highest BCUT2D eigenvalue weighted by Gasteiger charge is 2.28. The van der Waals surface area contributed by atoms with Crippen molar-refractivity contribution in [2.75, 3.05) is 0 Å². The Bertz CT molecular complexity index is 1240. The second-order valence-corrected chi connectivity index (χ2v) is 11.1. The van der Waals surface area contributed by atoms with Gasteiger partial charge in [-0.3, -0.25) is 9.11 Å². The number of benzene rings is 2. The van der Waals surface area contributed by atoms with Crippen LogP contribution >= 0.6 is 0 Å². The normalized spacial score (nSPS) is 15.7. The zero-order valence-electron chi connectivity index (χ0n) is 18.6. The highest BCUT2D eigenvalue weighted by atomic mass is 32.2. The first kappa shape index (κ1) is 27.1. The van der Waals surface area contributed by atoms with Crippen LogP contribution in [0.15, 0.2) is 68.6 Å². The number of rotatable bonds is 10. The first-order valence-corrected chi connectivity index (χ1v) is 13.0. The molecule has 0 fully saturated rings. The fourth-order valence-electron chi connectivity index (χ4n) is 2.91. The molecule has 10 nitrogen and oxygen atoms in total. The van der Waals surface area contributed by atoms with Gasteiger partial charge in [-0.15, -0.1) is 0 Å².